The number of rotatable bonds is 1. The molecule has 17 heavy (non-hydrogen) atoms. The molecule has 0 amide bonds. The van der Waals surface area contributed by atoms with Crippen LogP contribution in [0.15, 0.2) is 18.2 Å². The summed E-state index contributed by atoms with van der Waals surface area (Å²) in [5, 5.41) is 0. The number of halogens is 6. The van der Waals surface area contributed by atoms with Gasteiger partial charge < -0.3 is 4.98 Å². The van der Waals surface area contributed by atoms with Gasteiger partial charge in [-0.25, -0.2) is 9.37 Å². The van der Waals surface area contributed by atoms with Crippen molar-refractivity contribution < 1.29 is 26.3 Å². The maximum atomic E-state index is 13.1. The van der Waals surface area contributed by atoms with E-state index in [9.17, 15) is 26.3 Å². The van der Waals surface area contributed by atoms with Crippen LogP contribution >= 0.6 is 0 Å². The third-order valence-corrected chi connectivity index (χ3v) is 2.12. The molecule has 2 nitrogen and oxygen atoms in total. The summed E-state index contributed by atoms with van der Waals surface area (Å²) < 4.78 is 75.0. The van der Waals surface area contributed by atoms with Crippen LogP contribution in [0.5, 0.6) is 0 Å². The molecule has 1 aromatic heterocycles. The second kappa shape index (κ2) is 3.38. The Bertz CT molecular complexity index is 556. The highest BCUT2D eigenvalue weighted by atomic mass is 19.4. The Morgan fingerprint density at radius 1 is 1.06 bits per heavy atom. The predicted octanol–water partition coefficient (Wildman–Crippen LogP) is 3.36. The molecule has 0 bridgehead atoms. The number of imidazole rings is 1. The first kappa shape index (κ1) is 11.7. The summed E-state index contributed by atoms with van der Waals surface area (Å²) in [6, 6.07) is 3.24. The van der Waals surface area contributed by atoms with Gasteiger partial charge in [-0.1, -0.05) is 6.07 Å². The van der Waals surface area contributed by atoms with Crippen LogP contribution in [-0.2, 0) is 5.92 Å². The zero-order valence-corrected chi connectivity index (χ0v) is 7.95. The van der Waals surface area contributed by atoms with Gasteiger partial charge >= 0.3 is 12.1 Å². The molecule has 8 heteroatoms. The number of nitrogens with one attached hydrogen (secondary N) is 1. The van der Waals surface area contributed by atoms with Crippen LogP contribution in [0.1, 0.15) is 5.82 Å². The van der Waals surface area contributed by atoms with Crippen molar-refractivity contribution >= 4 is 11.0 Å². The maximum absolute atomic E-state index is 13.1. The third kappa shape index (κ3) is 1.73. The minimum absolute atomic E-state index is 0.219. The van der Waals surface area contributed by atoms with Crippen molar-refractivity contribution in [3.63, 3.8) is 0 Å². The maximum Gasteiger partial charge on any atom is 0.461 e. The van der Waals surface area contributed by atoms with Gasteiger partial charge in [0.15, 0.2) is 11.6 Å². The fraction of sp³-hybridized carbons (Fsp3) is 0.222. The van der Waals surface area contributed by atoms with Crippen molar-refractivity contribution in [2.45, 2.75) is 12.1 Å². The van der Waals surface area contributed by atoms with E-state index in [1.807, 2.05) is 0 Å². The second-order valence-corrected chi connectivity index (χ2v) is 3.29. The first-order valence-corrected chi connectivity index (χ1v) is 4.33. The molecule has 92 valence electrons. The van der Waals surface area contributed by atoms with Gasteiger partial charge in [0.1, 0.15) is 5.52 Å². The number of aromatic nitrogens is 2. The van der Waals surface area contributed by atoms with Gasteiger partial charge in [-0.3, -0.25) is 0 Å². The van der Waals surface area contributed by atoms with Crippen LogP contribution in [0.4, 0.5) is 26.3 Å². The van der Waals surface area contributed by atoms with E-state index in [2.05, 4.69) is 4.98 Å². The summed E-state index contributed by atoms with van der Waals surface area (Å²) in [7, 11) is 0. The van der Waals surface area contributed by atoms with E-state index in [0.29, 0.717) is 0 Å². The molecule has 0 unspecified atom stereocenters. The Labute approximate surface area is 90.3 Å². The van der Waals surface area contributed by atoms with Gasteiger partial charge in [-0.2, -0.15) is 22.0 Å². The Morgan fingerprint density at radius 2 is 1.71 bits per heavy atom. The van der Waals surface area contributed by atoms with Crippen LogP contribution in [-0.4, -0.2) is 16.1 Å². The average molecular weight is 254 g/mol. The SMILES string of the molecule is Fc1cccc2[nH]c(C(F)(F)C(F)(F)F)nc12. The second-order valence-electron chi connectivity index (χ2n) is 3.29. The van der Waals surface area contributed by atoms with Gasteiger partial charge in [-0.05, 0) is 12.1 Å². The number of fused-ring (bicyclic) bond motifs is 1. The first-order chi connectivity index (χ1) is 7.73. The van der Waals surface area contributed by atoms with Crippen molar-refractivity contribution in [3.05, 3.63) is 29.8 Å². The summed E-state index contributed by atoms with van der Waals surface area (Å²) in [6.07, 6.45) is -5.78. The molecule has 0 radical (unpaired) electrons. The van der Waals surface area contributed by atoms with Crippen LogP contribution in [0, 0.1) is 5.82 Å². The molecule has 2 aromatic rings. The molecule has 0 aliphatic rings. The van der Waals surface area contributed by atoms with E-state index < -0.39 is 29.3 Å². The quantitative estimate of drug-likeness (QED) is 0.776. The number of benzene rings is 1. The number of para-hydroxylation sites is 1. The van der Waals surface area contributed by atoms with E-state index in [1.54, 1.807) is 4.98 Å². The van der Waals surface area contributed by atoms with Crippen LogP contribution in [0.25, 0.3) is 11.0 Å². The molecule has 0 spiro atoms. The van der Waals surface area contributed by atoms with Gasteiger partial charge in [0, 0.05) is 0 Å². The van der Waals surface area contributed by atoms with Gasteiger partial charge in [0.25, 0.3) is 0 Å². The van der Waals surface area contributed by atoms with Gasteiger partial charge in [0.2, 0.25) is 0 Å². The molecule has 1 N–H and O–H groups in total. The fourth-order valence-electron chi connectivity index (χ4n) is 1.28. The molecule has 0 saturated carbocycles. The van der Waals surface area contributed by atoms with Crippen molar-refractivity contribution in [1.82, 2.24) is 9.97 Å². The smallest absolute Gasteiger partial charge is 0.336 e. The summed E-state index contributed by atoms with van der Waals surface area (Å²) >= 11 is 0. The largest absolute Gasteiger partial charge is 0.461 e. The topological polar surface area (TPSA) is 28.7 Å². The summed E-state index contributed by atoms with van der Waals surface area (Å²) in [6.45, 7) is 0. The minimum Gasteiger partial charge on any atom is -0.336 e. The highest BCUT2D eigenvalue weighted by Gasteiger charge is 2.61. The molecule has 1 heterocycles. The summed E-state index contributed by atoms with van der Waals surface area (Å²) in [5.41, 5.74) is -0.768. The van der Waals surface area contributed by atoms with Crippen LogP contribution < -0.4 is 0 Å². The molecule has 0 fully saturated rings. The van der Waals surface area contributed by atoms with Crippen molar-refractivity contribution in [1.29, 1.82) is 0 Å². The zero-order chi connectivity index (χ0) is 12.8. The van der Waals surface area contributed by atoms with Crippen LogP contribution in [0.2, 0.25) is 0 Å². The van der Waals surface area contributed by atoms with E-state index in [1.165, 1.54) is 6.07 Å². The molecule has 2 rings (SSSR count). The Hall–Kier alpha value is -1.73. The average Bonchev–Trinajstić information content (AvgIpc) is 2.61. The van der Waals surface area contributed by atoms with E-state index in [0.717, 1.165) is 12.1 Å². The molecule has 0 atom stereocenters. The number of aromatic amines is 1. The highest BCUT2D eigenvalue weighted by molar-refractivity contribution is 5.75. The van der Waals surface area contributed by atoms with E-state index in [-0.39, 0.29) is 5.52 Å². The predicted molar refractivity (Wildman–Crippen MR) is 46.0 cm³/mol. The standard InChI is InChI=1S/C9H4F6N2/c10-4-2-1-3-5-6(4)17-7(16-5)8(11,12)9(13,14)15/h1-3H,(H,16,17). The zero-order valence-electron chi connectivity index (χ0n) is 7.95. The number of alkyl halides is 5. The number of hydrogen-bond donors (Lipinski definition) is 1. The molecular weight excluding hydrogens is 250 g/mol. The lowest BCUT2D eigenvalue weighted by Crippen LogP contribution is -2.34. The van der Waals surface area contributed by atoms with Crippen LogP contribution in [0.3, 0.4) is 0 Å². The Morgan fingerprint density at radius 3 is 2.24 bits per heavy atom. The molecule has 1 aromatic carbocycles. The fourth-order valence-corrected chi connectivity index (χ4v) is 1.28. The molecule has 0 saturated heterocycles. The minimum atomic E-state index is -5.78. The monoisotopic (exact) mass is 254 g/mol. The van der Waals surface area contributed by atoms with E-state index >= 15 is 0 Å². The Kier molecular flexibility index (Phi) is 2.33. The summed E-state index contributed by atoms with van der Waals surface area (Å²) in [4.78, 5) is 4.71. The molecular formula is C9H4F6N2. The molecule has 0 aliphatic heterocycles. The number of hydrogen-bond acceptors (Lipinski definition) is 1. The van der Waals surface area contributed by atoms with Gasteiger partial charge in [-0.15, -0.1) is 0 Å². The first-order valence-electron chi connectivity index (χ1n) is 4.33. The molecule has 0 aliphatic carbocycles. The lowest BCUT2D eigenvalue weighted by atomic mass is 10.3. The number of nitrogens with zero attached hydrogens (tertiary/aromatic N) is 1. The summed E-state index contributed by atoms with van der Waals surface area (Å²) in [5.74, 6) is -7.73. The van der Waals surface area contributed by atoms with E-state index in [4.69, 9.17) is 0 Å². The number of H-pyrrole nitrogens is 1. The Balaban J connectivity index is 2.62. The third-order valence-electron chi connectivity index (χ3n) is 2.12. The van der Waals surface area contributed by atoms with Crippen molar-refractivity contribution in [2.24, 2.45) is 0 Å². The lowest BCUT2D eigenvalue weighted by Gasteiger charge is -2.16. The highest BCUT2D eigenvalue weighted by Crippen LogP contribution is 2.43. The normalized spacial score (nSPS) is 13.3. The van der Waals surface area contributed by atoms with Crippen molar-refractivity contribution in [2.75, 3.05) is 0 Å². The van der Waals surface area contributed by atoms with Gasteiger partial charge in [0.05, 0.1) is 5.52 Å². The lowest BCUT2D eigenvalue weighted by molar-refractivity contribution is -0.292. The van der Waals surface area contributed by atoms with Crippen molar-refractivity contribution in [3.8, 4) is 0 Å².